The maximum absolute atomic E-state index is 6.24. The molecule has 1 atom stereocenters. The highest BCUT2D eigenvalue weighted by atomic mass is 16.5. The van der Waals surface area contributed by atoms with Gasteiger partial charge in [0, 0.05) is 23.9 Å². The van der Waals surface area contributed by atoms with Crippen LogP contribution in [0.1, 0.15) is 74.9 Å². The summed E-state index contributed by atoms with van der Waals surface area (Å²) < 4.78 is 6.24. The van der Waals surface area contributed by atoms with Crippen LogP contribution in [0.25, 0.3) is 0 Å². The van der Waals surface area contributed by atoms with Crippen LogP contribution < -0.4 is 5.32 Å². The molecule has 4 nitrogen and oxygen atoms in total. The number of nitrogens with zero attached hydrogens (tertiary/aromatic N) is 2. The number of rotatable bonds is 2. The quantitative estimate of drug-likeness (QED) is 0.897. The van der Waals surface area contributed by atoms with Crippen LogP contribution in [0.5, 0.6) is 0 Å². The van der Waals surface area contributed by atoms with Crippen LogP contribution in [0.2, 0.25) is 0 Å². The summed E-state index contributed by atoms with van der Waals surface area (Å²) in [7, 11) is 0. The van der Waals surface area contributed by atoms with Crippen LogP contribution >= 0.6 is 0 Å². The highest BCUT2D eigenvalue weighted by Crippen LogP contribution is 2.39. The Morgan fingerprint density at radius 3 is 2.74 bits per heavy atom. The second-order valence-electron chi connectivity index (χ2n) is 7.68. The molecule has 2 fully saturated rings. The van der Waals surface area contributed by atoms with Gasteiger partial charge in [0.25, 0.3) is 0 Å². The summed E-state index contributed by atoms with van der Waals surface area (Å²) in [6.45, 7) is 2.91. The van der Waals surface area contributed by atoms with Crippen LogP contribution in [0.3, 0.4) is 0 Å². The lowest BCUT2D eigenvalue weighted by atomic mass is 9.78. The summed E-state index contributed by atoms with van der Waals surface area (Å²) in [6, 6.07) is 0.502. The van der Waals surface area contributed by atoms with Gasteiger partial charge in [-0.2, -0.15) is 0 Å². The van der Waals surface area contributed by atoms with Gasteiger partial charge in [-0.15, -0.1) is 0 Å². The SMILES string of the molecule is Cc1nc2c(c(NC3CCOC4(CCCCC4)C3)n1)CCCC2. The average Bonchev–Trinajstić information content (AvgIpc) is 2.55. The van der Waals surface area contributed by atoms with E-state index < -0.39 is 0 Å². The van der Waals surface area contributed by atoms with Gasteiger partial charge in [-0.05, 0) is 58.3 Å². The van der Waals surface area contributed by atoms with Crippen molar-refractivity contribution in [1.29, 1.82) is 0 Å². The van der Waals surface area contributed by atoms with Crippen molar-refractivity contribution in [3.63, 3.8) is 0 Å². The number of ether oxygens (including phenoxy) is 1. The topological polar surface area (TPSA) is 47.0 Å². The van der Waals surface area contributed by atoms with E-state index in [1.807, 2.05) is 6.92 Å². The van der Waals surface area contributed by atoms with Gasteiger partial charge in [0.1, 0.15) is 11.6 Å². The molecule has 1 aliphatic heterocycles. The first-order valence-electron chi connectivity index (χ1n) is 9.51. The van der Waals surface area contributed by atoms with Crippen molar-refractivity contribution in [1.82, 2.24) is 9.97 Å². The van der Waals surface area contributed by atoms with Gasteiger partial charge in [0.05, 0.1) is 5.60 Å². The molecule has 4 rings (SSSR count). The molecule has 1 spiro atoms. The van der Waals surface area contributed by atoms with E-state index in [-0.39, 0.29) is 5.60 Å². The largest absolute Gasteiger partial charge is 0.375 e. The van der Waals surface area contributed by atoms with Crippen LogP contribution in [0, 0.1) is 6.92 Å². The third kappa shape index (κ3) is 3.23. The molecule has 1 aromatic heterocycles. The van der Waals surface area contributed by atoms with E-state index in [1.165, 1.54) is 56.2 Å². The summed E-state index contributed by atoms with van der Waals surface area (Å²) in [5.41, 5.74) is 2.81. The van der Waals surface area contributed by atoms with E-state index in [4.69, 9.17) is 9.72 Å². The molecular formula is C19H29N3O. The molecule has 0 aromatic carbocycles. The molecule has 2 heterocycles. The molecule has 0 bridgehead atoms. The molecule has 126 valence electrons. The fourth-order valence-electron chi connectivity index (χ4n) is 4.73. The standard InChI is InChI=1S/C19H29N3O/c1-14-20-17-8-4-3-7-16(17)18(21-14)22-15-9-12-23-19(13-15)10-5-2-6-11-19/h15H,2-13H2,1H3,(H,20,21,22). The second kappa shape index (κ2) is 6.39. The number of hydrogen-bond acceptors (Lipinski definition) is 4. The maximum atomic E-state index is 6.24. The predicted octanol–water partition coefficient (Wildman–Crippen LogP) is 3.96. The Balaban J connectivity index is 1.52. The van der Waals surface area contributed by atoms with Crippen molar-refractivity contribution in [3.8, 4) is 0 Å². The molecule has 0 radical (unpaired) electrons. The summed E-state index contributed by atoms with van der Waals surface area (Å²) in [5.74, 6) is 2.03. The van der Waals surface area contributed by atoms with E-state index in [0.29, 0.717) is 6.04 Å². The minimum atomic E-state index is 0.149. The number of aromatic nitrogens is 2. The van der Waals surface area contributed by atoms with E-state index in [0.717, 1.165) is 43.9 Å². The molecule has 2 aliphatic carbocycles. The van der Waals surface area contributed by atoms with Crippen molar-refractivity contribution >= 4 is 5.82 Å². The summed E-state index contributed by atoms with van der Waals surface area (Å²) in [4.78, 5) is 9.43. The number of anilines is 1. The average molecular weight is 315 g/mol. The molecule has 1 N–H and O–H groups in total. The minimum Gasteiger partial charge on any atom is -0.375 e. The monoisotopic (exact) mass is 315 g/mol. The van der Waals surface area contributed by atoms with Crippen LogP contribution in [0.4, 0.5) is 5.82 Å². The molecule has 1 saturated carbocycles. The first kappa shape index (κ1) is 15.4. The summed E-state index contributed by atoms with van der Waals surface area (Å²) in [5, 5.41) is 3.79. The number of hydrogen-bond donors (Lipinski definition) is 1. The van der Waals surface area contributed by atoms with Crippen molar-refractivity contribution in [2.45, 2.75) is 89.2 Å². The van der Waals surface area contributed by atoms with Gasteiger partial charge in [-0.1, -0.05) is 19.3 Å². The van der Waals surface area contributed by atoms with Gasteiger partial charge >= 0.3 is 0 Å². The summed E-state index contributed by atoms with van der Waals surface area (Å²) in [6.07, 6.45) is 13.5. The Morgan fingerprint density at radius 2 is 1.87 bits per heavy atom. The molecule has 1 aromatic rings. The minimum absolute atomic E-state index is 0.149. The van der Waals surface area contributed by atoms with Gasteiger partial charge in [-0.3, -0.25) is 0 Å². The van der Waals surface area contributed by atoms with Gasteiger partial charge in [0.15, 0.2) is 0 Å². The van der Waals surface area contributed by atoms with Crippen molar-refractivity contribution in [2.24, 2.45) is 0 Å². The normalized spacial score (nSPS) is 26.7. The Hall–Kier alpha value is -1.16. The van der Waals surface area contributed by atoms with E-state index in [2.05, 4.69) is 10.3 Å². The molecule has 3 aliphatic rings. The third-order valence-corrected chi connectivity index (χ3v) is 5.89. The molecule has 0 amide bonds. The van der Waals surface area contributed by atoms with Gasteiger partial charge in [0.2, 0.25) is 0 Å². The van der Waals surface area contributed by atoms with Gasteiger partial charge in [-0.25, -0.2) is 9.97 Å². The Bertz CT molecular complexity index is 560. The molecule has 1 saturated heterocycles. The lowest BCUT2D eigenvalue weighted by molar-refractivity contribution is -0.103. The number of nitrogens with one attached hydrogen (secondary N) is 1. The van der Waals surface area contributed by atoms with E-state index in [9.17, 15) is 0 Å². The lowest BCUT2D eigenvalue weighted by Crippen LogP contribution is -2.45. The predicted molar refractivity (Wildman–Crippen MR) is 91.8 cm³/mol. The zero-order chi connectivity index (χ0) is 15.7. The maximum Gasteiger partial charge on any atom is 0.133 e. The molecule has 4 heteroatoms. The zero-order valence-corrected chi connectivity index (χ0v) is 14.4. The Morgan fingerprint density at radius 1 is 1.04 bits per heavy atom. The Kier molecular flexibility index (Phi) is 4.27. The van der Waals surface area contributed by atoms with Crippen molar-refractivity contribution in [2.75, 3.05) is 11.9 Å². The zero-order valence-electron chi connectivity index (χ0n) is 14.4. The second-order valence-corrected chi connectivity index (χ2v) is 7.68. The van der Waals surface area contributed by atoms with Gasteiger partial charge < -0.3 is 10.1 Å². The first-order chi connectivity index (χ1) is 11.2. The Labute approximate surface area is 139 Å². The third-order valence-electron chi connectivity index (χ3n) is 5.89. The van der Waals surface area contributed by atoms with Crippen molar-refractivity contribution in [3.05, 3.63) is 17.1 Å². The molecular weight excluding hydrogens is 286 g/mol. The molecule has 1 unspecified atom stereocenters. The van der Waals surface area contributed by atoms with E-state index >= 15 is 0 Å². The fourth-order valence-corrected chi connectivity index (χ4v) is 4.73. The van der Waals surface area contributed by atoms with E-state index in [1.54, 1.807) is 0 Å². The first-order valence-corrected chi connectivity index (χ1v) is 9.51. The van der Waals surface area contributed by atoms with Crippen molar-refractivity contribution < 1.29 is 4.74 Å². The highest BCUT2D eigenvalue weighted by Gasteiger charge is 2.38. The van der Waals surface area contributed by atoms with Crippen LogP contribution in [0.15, 0.2) is 0 Å². The number of fused-ring (bicyclic) bond motifs is 1. The summed E-state index contributed by atoms with van der Waals surface area (Å²) >= 11 is 0. The lowest BCUT2D eigenvalue weighted by Gasteiger charge is -2.44. The van der Waals surface area contributed by atoms with Crippen LogP contribution in [-0.4, -0.2) is 28.2 Å². The molecule has 23 heavy (non-hydrogen) atoms. The smallest absolute Gasteiger partial charge is 0.133 e. The highest BCUT2D eigenvalue weighted by molar-refractivity contribution is 5.48. The van der Waals surface area contributed by atoms with Crippen LogP contribution in [-0.2, 0) is 17.6 Å². The number of aryl methyl sites for hydroxylation is 2. The fraction of sp³-hybridized carbons (Fsp3) is 0.789.